The van der Waals surface area contributed by atoms with Crippen LogP contribution in [-0.2, 0) is 4.79 Å². The van der Waals surface area contributed by atoms with Crippen LogP contribution in [0.5, 0.6) is 0 Å². The monoisotopic (exact) mass is 152 g/mol. The van der Waals surface area contributed by atoms with Crippen molar-refractivity contribution in [1.82, 2.24) is 0 Å². The lowest BCUT2D eigenvalue weighted by molar-refractivity contribution is -0.138. The van der Waals surface area contributed by atoms with E-state index in [0.717, 1.165) is 0 Å². The summed E-state index contributed by atoms with van der Waals surface area (Å²) in [5, 5.41) is 8.02. The van der Waals surface area contributed by atoms with Crippen LogP contribution >= 0.6 is 0 Å². The van der Waals surface area contributed by atoms with E-state index in [9.17, 15) is 13.6 Å². The minimum absolute atomic E-state index is 0.0223. The predicted octanol–water partition coefficient (Wildman–Crippen LogP) is 1.55. The van der Waals surface area contributed by atoms with Crippen LogP contribution in [0.1, 0.15) is 19.8 Å². The Bertz CT molecular complexity index is 116. The molecule has 0 aromatic rings. The molecule has 0 aromatic carbocycles. The summed E-state index contributed by atoms with van der Waals surface area (Å²) < 4.78 is 24.5. The van der Waals surface area contributed by atoms with Crippen LogP contribution in [0.3, 0.4) is 0 Å². The Balaban J connectivity index is 3.61. The summed E-state index contributed by atoms with van der Waals surface area (Å²) in [5.74, 6) is -1.30. The molecular formula is C6H10F2O2. The fraction of sp³-hybridized carbons (Fsp3) is 0.833. The van der Waals surface area contributed by atoms with Gasteiger partial charge in [-0.15, -0.1) is 0 Å². The predicted molar refractivity (Wildman–Crippen MR) is 32.3 cm³/mol. The van der Waals surface area contributed by atoms with E-state index in [1.54, 1.807) is 0 Å². The maximum atomic E-state index is 12.3. The summed E-state index contributed by atoms with van der Waals surface area (Å²) >= 11 is 0. The summed E-state index contributed by atoms with van der Waals surface area (Å²) in [6.07, 6.45) is -4.22. The third kappa shape index (κ3) is 3.37. The normalized spacial score (nSPS) is 16.3. The first-order valence-corrected chi connectivity index (χ1v) is 3.07. The van der Waals surface area contributed by atoms with Gasteiger partial charge in [-0.1, -0.05) is 6.92 Å². The van der Waals surface area contributed by atoms with Gasteiger partial charge in [0.05, 0.1) is 6.42 Å². The average molecular weight is 152 g/mol. The molecule has 0 aromatic heterocycles. The van der Waals surface area contributed by atoms with Crippen molar-refractivity contribution in [3.05, 3.63) is 0 Å². The molecule has 0 saturated carbocycles. The lowest BCUT2D eigenvalue weighted by atomic mass is 10.1. The number of halogens is 2. The first-order valence-electron chi connectivity index (χ1n) is 3.07. The standard InChI is InChI=1S/C6H10F2O2/c1-2-4(7)5(8)3-6(9)10/h4-5H,2-3H2,1H3,(H,9,10). The van der Waals surface area contributed by atoms with E-state index < -0.39 is 24.7 Å². The second kappa shape index (κ2) is 4.19. The molecule has 0 rings (SSSR count). The number of rotatable bonds is 4. The van der Waals surface area contributed by atoms with E-state index in [-0.39, 0.29) is 6.42 Å². The number of carboxylic acid groups (broad SMARTS) is 1. The van der Waals surface area contributed by atoms with E-state index in [1.165, 1.54) is 6.92 Å². The van der Waals surface area contributed by atoms with E-state index in [0.29, 0.717) is 0 Å². The topological polar surface area (TPSA) is 37.3 Å². The summed E-state index contributed by atoms with van der Waals surface area (Å²) in [5.41, 5.74) is 0. The van der Waals surface area contributed by atoms with E-state index in [2.05, 4.69) is 0 Å². The fourth-order valence-corrected chi connectivity index (χ4v) is 0.550. The van der Waals surface area contributed by atoms with Crippen LogP contribution in [0.4, 0.5) is 8.78 Å². The smallest absolute Gasteiger partial charge is 0.306 e. The molecule has 0 heterocycles. The van der Waals surface area contributed by atoms with Crippen molar-refractivity contribution in [2.45, 2.75) is 32.1 Å². The van der Waals surface area contributed by atoms with E-state index in [4.69, 9.17) is 5.11 Å². The van der Waals surface area contributed by atoms with Gasteiger partial charge in [-0.3, -0.25) is 4.79 Å². The van der Waals surface area contributed by atoms with Crippen molar-refractivity contribution in [3.63, 3.8) is 0 Å². The lowest BCUT2D eigenvalue weighted by Gasteiger charge is -2.07. The average Bonchev–Trinajstić information content (AvgIpc) is 1.85. The SMILES string of the molecule is CCC(F)C(F)CC(=O)O. The first-order chi connectivity index (χ1) is 4.57. The maximum Gasteiger partial charge on any atom is 0.306 e. The highest BCUT2D eigenvalue weighted by Gasteiger charge is 2.20. The molecular weight excluding hydrogens is 142 g/mol. The highest BCUT2D eigenvalue weighted by atomic mass is 19.2. The number of hydrogen-bond acceptors (Lipinski definition) is 1. The molecule has 0 aliphatic carbocycles. The number of alkyl halides is 2. The highest BCUT2D eigenvalue weighted by molar-refractivity contribution is 5.67. The summed E-state index contributed by atoms with van der Waals surface area (Å²) in [6.45, 7) is 1.47. The second-order valence-electron chi connectivity index (χ2n) is 2.04. The van der Waals surface area contributed by atoms with Gasteiger partial charge in [-0.2, -0.15) is 0 Å². The van der Waals surface area contributed by atoms with Crippen molar-refractivity contribution in [2.24, 2.45) is 0 Å². The van der Waals surface area contributed by atoms with Gasteiger partial charge in [-0.05, 0) is 6.42 Å². The molecule has 2 nitrogen and oxygen atoms in total. The van der Waals surface area contributed by atoms with Gasteiger partial charge < -0.3 is 5.11 Å². The maximum absolute atomic E-state index is 12.3. The zero-order valence-electron chi connectivity index (χ0n) is 5.68. The first kappa shape index (κ1) is 9.33. The van der Waals surface area contributed by atoms with Crippen LogP contribution in [-0.4, -0.2) is 23.4 Å². The molecule has 0 radical (unpaired) electrons. The molecule has 0 amide bonds. The van der Waals surface area contributed by atoms with Crippen molar-refractivity contribution >= 4 is 5.97 Å². The molecule has 2 atom stereocenters. The number of aliphatic carboxylic acids is 1. The summed E-state index contributed by atoms with van der Waals surface area (Å²) in [7, 11) is 0. The molecule has 0 bridgehead atoms. The molecule has 60 valence electrons. The Kier molecular flexibility index (Phi) is 3.91. The van der Waals surface area contributed by atoms with Gasteiger partial charge in [-0.25, -0.2) is 8.78 Å². The van der Waals surface area contributed by atoms with Gasteiger partial charge in [0.2, 0.25) is 0 Å². The second-order valence-corrected chi connectivity index (χ2v) is 2.04. The minimum atomic E-state index is -1.86. The number of carboxylic acids is 1. The molecule has 0 saturated heterocycles. The van der Waals surface area contributed by atoms with Gasteiger partial charge in [0.15, 0.2) is 0 Å². The third-order valence-electron chi connectivity index (χ3n) is 1.15. The lowest BCUT2D eigenvalue weighted by Crippen LogP contribution is -2.19. The Morgan fingerprint density at radius 1 is 1.50 bits per heavy atom. The third-order valence-corrected chi connectivity index (χ3v) is 1.15. The Morgan fingerprint density at radius 3 is 2.30 bits per heavy atom. The van der Waals surface area contributed by atoms with Gasteiger partial charge in [0.1, 0.15) is 12.3 Å². The fourth-order valence-electron chi connectivity index (χ4n) is 0.550. The Morgan fingerprint density at radius 2 is 2.00 bits per heavy atom. The van der Waals surface area contributed by atoms with Crippen molar-refractivity contribution < 1.29 is 18.7 Å². The molecule has 0 fully saturated rings. The van der Waals surface area contributed by atoms with Crippen molar-refractivity contribution in [1.29, 1.82) is 0 Å². The van der Waals surface area contributed by atoms with Crippen molar-refractivity contribution in [3.8, 4) is 0 Å². The molecule has 4 heteroatoms. The Labute approximate surface area is 57.9 Å². The van der Waals surface area contributed by atoms with Gasteiger partial charge in [0.25, 0.3) is 0 Å². The van der Waals surface area contributed by atoms with Crippen LogP contribution in [0.2, 0.25) is 0 Å². The van der Waals surface area contributed by atoms with Crippen molar-refractivity contribution in [2.75, 3.05) is 0 Å². The zero-order valence-corrected chi connectivity index (χ0v) is 5.68. The number of carbonyl (C=O) groups is 1. The molecule has 0 spiro atoms. The minimum Gasteiger partial charge on any atom is -0.481 e. The van der Waals surface area contributed by atoms with Crippen LogP contribution in [0.15, 0.2) is 0 Å². The quantitative estimate of drug-likeness (QED) is 0.663. The molecule has 10 heavy (non-hydrogen) atoms. The van der Waals surface area contributed by atoms with Gasteiger partial charge >= 0.3 is 5.97 Å². The molecule has 0 aliphatic rings. The summed E-state index contributed by atoms with van der Waals surface area (Å²) in [6, 6.07) is 0. The van der Waals surface area contributed by atoms with Gasteiger partial charge in [0, 0.05) is 0 Å². The Hall–Kier alpha value is -0.670. The number of hydrogen-bond donors (Lipinski definition) is 1. The molecule has 2 unspecified atom stereocenters. The summed E-state index contributed by atoms with van der Waals surface area (Å²) in [4.78, 5) is 9.82. The van der Waals surface area contributed by atoms with Crippen LogP contribution in [0, 0.1) is 0 Å². The largest absolute Gasteiger partial charge is 0.481 e. The molecule has 1 N–H and O–H groups in total. The zero-order chi connectivity index (χ0) is 8.15. The van der Waals surface area contributed by atoms with E-state index in [1.807, 2.05) is 0 Å². The highest BCUT2D eigenvalue weighted by Crippen LogP contribution is 2.10. The molecule has 0 aliphatic heterocycles. The van der Waals surface area contributed by atoms with Crippen LogP contribution in [0.25, 0.3) is 0 Å². The van der Waals surface area contributed by atoms with E-state index >= 15 is 0 Å². The van der Waals surface area contributed by atoms with Crippen LogP contribution < -0.4 is 0 Å².